The molecule has 0 amide bonds. The van der Waals surface area contributed by atoms with Gasteiger partial charge in [-0.15, -0.1) is 0 Å². The van der Waals surface area contributed by atoms with Crippen molar-refractivity contribution in [3.63, 3.8) is 0 Å². The van der Waals surface area contributed by atoms with E-state index in [2.05, 4.69) is 47.7 Å². The van der Waals surface area contributed by atoms with E-state index in [-0.39, 0.29) is 12.0 Å². The van der Waals surface area contributed by atoms with E-state index in [0.29, 0.717) is 24.6 Å². The molecule has 0 aliphatic carbocycles. The van der Waals surface area contributed by atoms with Crippen molar-refractivity contribution >= 4 is 17.3 Å². The van der Waals surface area contributed by atoms with Crippen molar-refractivity contribution in [3.8, 4) is 17.3 Å². The number of hydrogen-bond acceptors (Lipinski definition) is 7. The van der Waals surface area contributed by atoms with Gasteiger partial charge in [-0.2, -0.15) is 5.26 Å². The van der Waals surface area contributed by atoms with Gasteiger partial charge in [-0.05, 0) is 79.8 Å². The first-order valence-corrected chi connectivity index (χ1v) is 11.2. The van der Waals surface area contributed by atoms with Crippen LogP contribution in [0.3, 0.4) is 0 Å². The average Bonchev–Trinajstić information content (AvgIpc) is 3.17. The van der Waals surface area contributed by atoms with Gasteiger partial charge < -0.3 is 21.5 Å². The van der Waals surface area contributed by atoms with Crippen molar-refractivity contribution in [1.82, 2.24) is 9.97 Å². The van der Waals surface area contributed by atoms with Crippen LogP contribution in [0.25, 0.3) is 11.3 Å². The van der Waals surface area contributed by atoms with Crippen LogP contribution in [0.15, 0.2) is 36.5 Å². The van der Waals surface area contributed by atoms with E-state index in [4.69, 9.17) is 10.7 Å². The summed E-state index contributed by atoms with van der Waals surface area (Å²) in [5.41, 5.74) is 13.9. The van der Waals surface area contributed by atoms with Crippen LogP contribution in [0.4, 0.5) is 17.3 Å². The zero-order chi connectivity index (χ0) is 23.6. The minimum Gasteiger partial charge on any atom is -0.395 e. The average molecular weight is 443 g/mol. The third-order valence-corrected chi connectivity index (χ3v) is 6.41. The molecule has 2 aromatic carbocycles. The van der Waals surface area contributed by atoms with E-state index < -0.39 is 0 Å². The normalized spacial score (nSPS) is 16.7. The largest absolute Gasteiger partial charge is 0.395 e. The van der Waals surface area contributed by atoms with Gasteiger partial charge in [0.1, 0.15) is 0 Å². The van der Waals surface area contributed by atoms with Crippen LogP contribution in [0.5, 0.6) is 0 Å². The summed E-state index contributed by atoms with van der Waals surface area (Å²) in [7, 11) is 0. The van der Waals surface area contributed by atoms with Crippen LogP contribution in [0.2, 0.25) is 0 Å². The van der Waals surface area contributed by atoms with Crippen molar-refractivity contribution in [1.29, 1.82) is 5.26 Å². The Kier molecular flexibility index (Phi) is 6.32. The number of aryl methyl sites for hydroxylation is 3. The van der Waals surface area contributed by atoms with Crippen LogP contribution in [-0.4, -0.2) is 34.8 Å². The SMILES string of the molecule is Cc1cc(CCCN)c(C#N)cc1Nc1nccc(-c2cc(C)c3c(c2)[C@@](C)(CO)CN3)n1. The highest BCUT2D eigenvalue weighted by molar-refractivity contribution is 5.74. The second-order valence-corrected chi connectivity index (χ2v) is 9.01. The molecule has 1 aromatic heterocycles. The van der Waals surface area contributed by atoms with Gasteiger partial charge in [-0.3, -0.25) is 0 Å². The number of aromatic nitrogens is 2. The maximum atomic E-state index is 9.96. The first kappa shape index (κ1) is 22.7. The highest BCUT2D eigenvalue weighted by Gasteiger charge is 2.35. The van der Waals surface area contributed by atoms with Crippen molar-refractivity contribution in [2.75, 3.05) is 30.3 Å². The maximum Gasteiger partial charge on any atom is 0.227 e. The fourth-order valence-corrected chi connectivity index (χ4v) is 4.37. The Morgan fingerprint density at radius 1 is 1.24 bits per heavy atom. The Balaban J connectivity index is 1.66. The van der Waals surface area contributed by atoms with Crippen LogP contribution >= 0.6 is 0 Å². The monoisotopic (exact) mass is 442 g/mol. The van der Waals surface area contributed by atoms with E-state index in [1.807, 2.05) is 25.1 Å². The highest BCUT2D eigenvalue weighted by Crippen LogP contribution is 2.41. The van der Waals surface area contributed by atoms with Crippen LogP contribution in [-0.2, 0) is 11.8 Å². The molecule has 1 atom stereocenters. The van der Waals surface area contributed by atoms with E-state index in [0.717, 1.165) is 57.7 Å². The lowest BCUT2D eigenvalue weighted by Gasteiger charge is -2.21. The minimum atomic E-state index is -0.319. The van der Waals surface area contributed by atoms with E-state index >= 15 is 0 Å². The summed E-state index contributed by atoms with van der Waals surface area (Å²) in [4.78, 5) is 9.14. The molecule has 7 heteroatoms. The topological polar surface area (TPSA) is 120 Å². The van der Waals surface area contributed by atoms with Gasteiger partial charge in [0, 0.05) is 35.1 Å². The molecule has 0 unspecified atom stereocenters. The summed E-state index contributed by atoms with van der Waals surface area (Å²) >= 11 is 0. The molecule has 3 aromatic rings. The zero-order valence-electron chi connectivity index (χ0n) is 19.4. The standard InChI is InChI=1S/C26H30N6O/c1-16-9-18(5-4-7-27)20(13-28)12-23(16)32-25-29-8-6-22(31-25)19-10-17(2)24-21(11-19)26(3,15-33)14-30-24/h6,8-12,30,33H,4-5,7,14-15,27H2,1-3H3,(H,29,31,32)/t26-/m1/s1. The third-order valence-electron chi connectivity index (χ3n) is 6.41. The zero-order valence-corrected chi connectivity index (χ0v) is 19.4. The predicted molar refractivity (Wildman–Crippen MR) is 132 cm³/mol. The summed E-state index contributed by atoms with van der Waals surface area (Å²) < 4.78 is 0. The number of nitrogens with two attached hydrogens (primary N) is 1. The van der Waals surface area contributed by atoms with Crippen molar-refractivity contribution in [2.24, 2.45) is 5.73 Å². The Labute approximate surface area is 194 Å². The minimum absolute atomic E-state index is 0.0776. The number of benzene rings is 2. The molecule has 0 bridgehead atoms. The number of nitrogens with zero attached hydrogens (tertiary/aromatic N) is 3. The Morgan fingerprint density at radius 3 is 2.79 bits per heavy atom. The van der Waals surface area contributed by atoms with Gasteiger partial charge in [0.25, 0.3) is 0 Å². The number of hydrogen-bond donors (Lipinski definition) is 4. The third kappa shape index (κ3) is 4.40. The molecule has 0 radical (unpaired) electrons. The first-order chi connectivity index (χ1) is 15.9. The molecule has 33 heavy (non-hydrogen) atoms. The van der Waals surface area contributed by atoms with Gasteiger partial charge in [0.15, 0.2) is 0 Å². The molecule has 0 fully saturated rings. The molecule has 1 aliphatic rings. The smallest absolute Gasteiger partial charge is 0.227 e. The summed E-state index contributed by atoms with van der Waals surface area (Å²) in [5, 5.41) is 26.3. The second-order valence-electron chi connectivity index (χ2n) is 9.01. The number of fused-ring (bicyclic) bond motifs is 1. The molecule has 7 nitrogen and oxygen atoms in total. The summed E-state index contributed by atoms with van der Waals surface area (Å²) in [6, 6.07) is 12.3. The fourth-order valence-electron chi connectivity index (χ4n) is 4.37. The van der Waals surface area contributed by atoms with Crippen molar-refractivity contribution in [2.45, 2.75) is 39.0 Å². The lowest BCUT2D eigenvalue weighted by molar-refractivity contribution is 0.219. The number of rotatable bonds is 7. The molecule has 170 valence electrons. The molecule has 1 aliphatic heterocycles. The molecule has 0 saturated heterocycles. The van der Waals surface area contributed by atoms with Crippen molar-refractivity contribution in [3.05, 3.63) is 64.3 Å². The second kappa shape index (κ2) is 9.18. The van der Waals surface area contributed by atoms with Gasteiger partial charge >= 0.3 is 0 Å². The number of aliphatic hydroxyl groups excluding tert-OH is 1. The number of nitriles is 1. The number of anilines is 3. The molecule has 4 rings (SSSR count). The van der Waals surface area contributed by atoms with Crippen LogP contribution < -0.4 is 16.4 Å². The summed E-state index contributed by atoms with van der Waals surface area (Å²) in [6.45, 7) is 7.52. The van der Waals surface area contributed by atoms with E-state index in [1.54, 1.807) is 6.20 Å². The maximum absolute atomic E-state index is 9.96. The van der Waals surface area contributed by atoms with Crippen molar-refractivity contribution < 1.29 is 5.11 Å². The molecular formula is C26H30N6O. The van der Waals surface area contributed by atoms with Gasteiger partial charge in [-0.1, -0.05) is 13.0 Å². The molecule has 5 N–H and O–H groups in total. The lowest BCUT2D eigenvalue weighted by atomic mass is 9.83. The first-order valence-electron chi connectivity index (χ1n) is 11.2. The Morgan fingerprint density at radius 2 is 2.06 bits per heavy atom. The molecular weight excluding hydrogens is 412 g/mol. The van der Waals surface area contributed by atoms with Gasteiger partial charge in [-0.25, -0.2) is 9.97 Å². The Hall–Kier alpha value is -3.47. The number of nitrogens with one attached hydrogen (secondary N) is 2. The quantitative estimate of drug-likeness (QED) is 0.437. The predicted octanol–water partition coefficient (Wildman–Crippen LogP) is 3.94. The lowest BCUT2D eigenvalue weighted by Crippen LogP contribution is -2.28. The molecule has 0 spiro atoms. The van der Waals surface area contributed by atoms with Crippen LogP contribution in [0, 0.1) is 25.2 Å². The fraction of sp³-hybridized carbons (Fsp3) is 0.346. The van der Waals surface area contributed by atoms with E-state index in [1.165, 1.54) is 0 Å². The highest BCUT2D eigenvalue weighted by atomic mass is 16.3. The summed E-state index contributed by atoms with van der Waals surface area (Å²) in [5.74, 6) is 0.468. The Bertz CT molecular complexity index is 1230. The van der Waals surface area contributed by atoms with Gasteiger partial charge in [0.05, 0.1) is 23.9 Å². The molecule has 0 saturated carbocycles. The number of aliphatic hydroxyl groups is 1. The summed E-state index contributed by atoms with van der Waals surface area (Å²) in [6.07, 6.45) is 3.36. The van der Waals surface area contributed by atoms with E-state index in [9.17, 15) is 10.4 Å². The van der Waals surface area contributed by atoms with Gasteiger partial charge in [0.2, 0.25) is 5.95 Å². The molecule has 2 heterocycles. The van der Waals surface area contributed by atoms with Crippen LogP contribution in [0.1, 0.15) is 41.2 Å².